The molecule has 1 aliphatic heterocycles. The van der Waals surface area contributed by atoms with E-state index in [-0.39, 0.29) is 29.4 Å². The molecule has 0 saturated carbocycles. The van der Waals surface area contributed by atoms with E-state index >= 15 is 0 Å². The molecule has 14 heteroatoms. The molecule has 3 rings (SSSR count). The normalized spacial score (nSPS) is 17.3. The van der Waals surface area contributed by atoms with Gasteiger partial charge in [0.1, 0.15) is 22.1 Å². The first kappa shape index (κ1) is 30.4. The van der Waals surface area contributed by atoms with Gasteiger partial charge in [-0.25, -0.2) is 22.3 Å². The third-order valence-electron chi connectivity index (χ3n) is 5.82. The molecule has 12 nitrogen and oxygen atoms in total. The van der Waals surface area contributed by atoms with Crippen molar-refractivity contribution in [3.05, 3.63) is 41.7 Å². The topological polar surface area (TPSA) is 151 Å². The minimum Gasteiger partial charge on any atom is -0.464 e. The van der Waals surface area contributed by atoms with Crippen LogP contribution in [0.2, 0.25) is 0 Å². The van der Waals surface area contributed by atoms with Crippen molar-refractivity contribution < 1.29 is 32.3 Å². The van der Waals surface area contributed by atoms with Gasteiger partial charge < -0.3 is 14.4 Å². The van der Waals surface area contributed by atoms with E-state index in [4.69, 9.17) is 9.47 Å². The van der Waals surface area contributed by atoms with Crippen LogP contribution in [-0.2, 0) is 30.8 Å². The molecule has 214 valence electrons. The van der Waals surface area contributed by atoms with Crippen LogP contribution in [-0.4, -0.2) is 89.2 Å². The molecule has 1 fully saturated rings. The number of carbonyl (C=O) groups is 3. The second-order valence-electron chi connectivity index (χ2n) is 9.99. The second kappa shape index (κ2) is 12.4. The Balaban J connectivity index is 2.04. The molecular formula is C25H35N5O7S2. The van der Waals surface area contributed by atoms with Gasteiger partial charge in [-0.15, -0.1) is 11.8 Å². The Morgan fingerprint density at radius 3 is 2.38 bits per heavy atom. The van der Waals surface area contributed by atoms with E-state index in [1.807, 2.05) is 20.8 Å². The fourth-order valence-electron chi connectivity index (χ4n) is 3.80. The molecule has 39 heavy (non-hydrogen) atoms. The molecule has 2 aromatic rings. The first-order valence-corrected chi connectivity index (χ1v) is 14.9. The molecule has 0 unspecified atom stereocenters. The summed E-state index contributed by atoms with van der Waals surface area (Å²) in [4.78, 5) is 40.2. The Bertz CT molecular complexity index is 1290. The number of carbonyl (C=O) groups excluding carboxylic acids is 3. The molecule has 0 spiro atoms. The third-order valence-corrected chi connectivity index (χ3v) is 9.28. The van der Waals surface area contributed by atoms with E-state index in [0.717, 1.165) is 0 Å². The summed E-state index contributed by atoms with van der Waals surface area (Å²) < 4.78 is 39.2. The Kier molecular flexibility index (Phi) is 9.67. The van der Waals surface area contributed by atoms with Gasteiger partial charge in [0.05, 0.1) is 12.3 Å². The van der Waals surface area contributed by atoms with E-state index in [1.54, 1.807) is 26.2 Å². The van der Waals surface area contributed by atoms with Crippen molar-refractivity contribution in [3.63, 3.8) is 0 Å². The minimum atomic E-state index is -4.52. The number of benzene rings is 1. The minimum absolute atomic E-state index is 0.0605. The number of thioether (sulfide) groups is 1. The maximum absolute atomic E-state index is 14.0. The van der Waals surface area contributed by atoms with E-state index in [1.165, 1.54) is 41.9 Å². The summed E-state index contributed by atoms with van der Waals surface area (Å²) >= 11 is 1.27. The number of aromatic nitrogens is 2. The smallest absolute Gasteiger partial charge is 0.414 e. The highest BCUT2D eigenvalue weighted by molar-refractivity contribution is 8.01. The van der Waals surface area contributed by atoms with Crippen LogP contribution in [0.25, 0.3) is 0 Å². The number of H-pyrrole nitrogens is 1. The lowest BCUT2D eigenvalue weighted by Crippen LogP contribution is -2.56. The predicted molar refractivity (Wildman–Crippen MR) is 146 cm³/mol. The van der Waals surface area contributed by atoms with Gasteiger partial charge in [-0.2, -0.15) is 5.10 Å². The molecule has 1 aliphatic rings. The molecule has 0 bridgehead atoms. The standard InChI is InChI=1S/C25H35N5O7S2/c1-7-12-36-23(32)19(13-17-8-10-18(11-9-17)37-24(33)29(5)6)30(22(31)21-27-25(3,4)15-38-21)39(34,35)20-14-26-28-16(20)2/h8-11,14,19,21,27H,7,12-13,15H2,1-6H3,(H,26,28)/t19-,21-/m0/s1. The number of nitrogens with one attached hydrogen (secondary N) is 2. The quantitative estimate of drug-likeness (QED) is 0.400. The van der Waals surface area contributed by atoms with Gasteiger partial charge in [0.25, 0.3) is 15.9 Å². The van der Waals surface area contributed by atoms with Crippen LogP contribution >= 0.6 is 11.8 Å². The number of aromatic amines is 1. The second-order valence-corrected chi connectivity index (χ2v) is 12.9. The highest BCUT2D eigenvalue weighted by atomic mass is 32.2. The van der Waals surface area contributed by atoms with Crippen LogP contribution < -0.4 is 10.1 Å². The highest BCUT2D eigenvalue weighted by Gasteiger charge is 2.47. The highest BCUT2D eigenvalue weighted by Crippen LogP contribution is 2.31. The van der Waals surface area contributed by atoms with Gasteiger partial charge in [-0.1, -0.05) is 19.1 Å². The Morgan fingerprint density at radius 2 is 1.87 bits per heavy atom. The van der Waals surface area contributed by atoms with Crippen molar-refractivity contribution in [1.82, 2.24) is 24.7 Å². The number of rotatable bonds is 10. The fourth-order valence-corrected chi connectivity index (χ4v) is 6.86. The van der Waals surface area contributed by atoms with Crippen molar-refractivity contribution in [2.75, 3.05) is 26.5 Å². The largest absolute Gasteiger partial charge is 0.464 e. The van der Waals surface area contributed by atoms with Gasteiger partial charge in [0, 0.05) is 38.0 Å². The molecular weight excluding hydrogens is 546 g/mol. The Hall–Kier alpha value is -3.10. The number of sulfonamides is 1. The Morgan fingerprint density at radius 1 is 1.21 bits per heavy atom. The molecule has 2 heterocycles. The van der Waals surface area contributed by atoms with Gasteiger partial charge in [0.2, 0.25) is 0 Å². The van der Waals surface area contributed by atoms with Crippen molar-refractivity contribution >= 4 is 39.8 Å². The van der Waals surface area contributed by atoms with Crippen LogP contribution in [0.4, 0.5) is 4.79 Å². The van der Waals surface area contributed by atoms with E-state index in [9.17, 15) is 22.8 Å². The van der Waals surface area contributed by atoms with Crippen LogP contribution in [0.1, 0.15) is 38.4 Å². The average molecular weight is 582 g/mol. The molecule has 1 aromatic carbocycles. The van der Waals surface area contributed by atoms with Crippen LogP contribution in [0.3, 0.4) is 0 Å². The fraction of sp³-hybridized carbons (Fsp3) is 0.520. The van der Waals surface area contributed by atoms with Gasteiger partial charge in [-0.05, 0) is 44.9 Å². The van der Waals surface area contributed by atoms with Crippen molar-refractivity contribution in [2.24, 2.45) is 0 Å². The van der Waals surface area contributed by atoms with Gasteiger partial charge >= 0.3 is 12.1 Å². The first-order chi connectivity index (χ1) is 18.3. The SMILES string of the molecule is CCCOC(=O)[C@H](Cc1ccc(OC(=O)N(C)C)cc1)N(C(=O)[C@H]1NC(C)(C)CS1)S(=O)(=O)c1c[nH]nc1C. The predicted octanol–water partition coefficient (Wildman–Crippen LogP) is 2.30. The maximum Gasteiger partial charge on any atom is 0.414 e. The molecule has 0 aliphatic carbocycles. The lowest BCUT2D eigenvalue weighted by molar-refractivity contribution is -0.151. The number of aryl methyl sites for hydroxylation is 1. The van der Waals surface area contributed by atoms with Gasteiger partial charge in [-0.3, -0.25) is 15.2 Å². The number of hydrogen-bond donors (Lipinski definition) is 2. The van der Waals surface area contributed by atoms with Gasteiger partial charge in [0.15, 0.2) is 0 Å². The summed E-state index contributed by atoms with van der Waals surface area (Å²) in [7, 11) is -1.42. The molecule has 1 saturated heterocycles. The maximum atomic E-state index is 14.0. The molecule has 2 N–H and O–H groups in total. The number of hydrogen-bond acceptors (Lipinski definition) is 10. The number of esters is 1. The molecule has 2 atom stereocenters. The summed E-state index contributed by atoms with van der Waals surface area (Å²) in [6, 6.07) is 4.76. The summed E-state index contributed by atoms with van der Waals surface area (Å²) in [5.41, 5.74) is 0.277. The summed E-state index contributed by atoms with van der Waals surface area (Å²) in [5.74, 6) is -0.785. The number of nitrogens with zero attached hydrogens (tertiary/aromatic N) is 3. The Labute approximate surface area is 232 Å². The summed E-state index contributed by atoms with van der Waals surface area (Å²) in [6.07, 6.45) is 0.978. The van der Waals surface area contributed by atoms with E-state index in [2.05, 4.69) is 15.5 Å². The van der Waals surface area contributed by atoms with Crippen molar-refractivity contribution in [2.45, 2.75) is 62.4 Å². The zero-order valence-electron chi connectivity index (χ0n) is 22.9. The third kappa shape index (κ3) is 7.31. The van der Waals surface area contributed by atoms with Crippen LogP contribution in [0.15, 0.2) is 35.4 Å². The zero-order chi connectivity index (χ0) is 29.0. The van der Waals surface area contributed by atoms with E-state index in [0.29, 0.717) is 22.0 Å². The lowest BCUT2D eigenvalue weighted by atomic mass is 10.1. The molecule has 2 amide bonds. The monoisotopic (exact) mass is 581 g/mol. The molecule has 1 aromatic heterocycles. The summed E-state index contributed by atoms with van der Waals surface area (Å²) in [5, 5.41) is 8.68. The average Bonchev–Trinajstić information content (AvgIpc) is 3.47. The molecule has 0 radical (unpaired) electrons. The first-order valence-electron chi connectivity index (χ1n) is 12.4. The van der Waals surface area contributed by atoms with E-state index < -0.39 is 44.9 Å². The summed E-state index contributed by atoms with van der Waals surface area (Å²) in [6.45, 7) is 7.18. The lowest BCUT2D eigenvalue weighted by Gasteiger charge is -2.31. The zero-order valence-corrected chi connectivity index (χ0v) is 24.5. The number of ether oxygens (including phenoxy) is 2. The number of amides is 2. The van der Waals surface area contributed by atoms with Crippen LogP contribution in [0, 0.1) is 6.92 Å². The van der Waals surface area contributed by atoms with Crippen molar-refractivity contribution in [1.29, 1.82) is 0 Å². The van der Waals surface area contributed by atoms with Crippen molar-refractivity contribution in [3.8, 4) is 5.75 Å². The van der Waals surface area contributed by atoms with Crippen LogP contribution in [0.5, 0.6) is 5.75 Å².